The summed E-state index contributed by atoms with van der Waals surface area (Å²) in [5.41, 5.74) is 3.43. The minimum atomic E-state index is -0.470. The van der Waals surface area contributed by atoms with Gasteiger partial charge in [-0.25, -0.2) is 14.2 Å². The smallest absolute Gasteiger partial charge is 0.322 e. The number of quaternary nitrogens is 1. The molecule has 2 aromatic carbocycles. The highest BCUT2D eigenvalue weighted by Crippen LogP contribution is 2.21. The normalized spacial score (nSPS) is 11.3. The van der Waals surface area contributed by atoms with E-state index in [1.165, 1.54) is 24.4 Å². The van der Waals surface area contributed by atoms with Gasteiger partial charge in [0.15, 0.2) is 0 Å². The summed E-state index contributed by atoms with van der Waals surface area (Å²) in [5.74, 6) is -0.408. The van der Waals surface area contributed by atoms with Crippen LogP contribution in [-0.2, 0) is 0 Å². The average Bonchev–Trinajstić information content (AvgIpc) is 2.68. The highest BCUT2D eigenvalue weighted by Gasteiger charge is 2.08. The van der Waals surface area contributed by atoms with E-state index in [4.69, 9.17) is 5.41 Å². The number of allylic oxidation sites excluding steroid dienone is 1. The van der Waals surface area contributed by atoms with Crippen LogP contribution in [0, 0.1) is 11.2 Å². The van der Waals surface area contributed by atoms with E-state index in [1.54, 1.807) is 30.6 Å². The Kier molecular flexibility index (Phi) is 6.07. The van der Waals surface area contributed by atoms with Crippen molar-refractivity contribution in [2.75, 3.05) is 17.7 Å². The van der Waals surface area contributed by atoms with Crippen molar-refractivity contribution in [1.82, 2.24) is 9.97 Å². The number of hydrogen-bond donors (Lipinski definition) is 4. The molecular weight excluding hydrogens is 427 g/mol. The molecule has 0 fully saturated rings. The average molecular weight is 444 g/mol. The number of urea groups is 1. The number of fused-ring (bicyclic) bond motifs is 1. The molecule has 5 N–H and O–H groups in total. The molecular formula is C19H17BrFN6O+. The minimum absolute atomic E-state index is 0.262. The molecule has 0 saturated heterocycles. The fourth-order valence-electron chi connectivity index (χ4n) is 2.48. The van der Waals surface area contributed by atoms with Crippen molar-refractivity contribution in [3.8, 4) is 0 Å². The molecule has 0 saturated carbocycles. The van der Waals surface area contributed by atoms with Crippen LogP contribution in [-0.4, -0.2) is 29.3 Å². The van der Waals surface area contributed by atoms with Crippen LogP contribution in [0.25, 0.3) is 16.6 Å². The largest absolute Gasteiger partial charge is 0.323 e. The van der Waals surface area contributed by atoms with Crippen LogP contribution < -0.4 is 16.0 Å². The fraction of sp³-hybridized carbons (Fsp3) is 0.0526. The summed E-state index contributed by atoms with van der Waals surface area (Å²) in [6.45, 7) is 0. The third-order valence-electron chi connectivity index (χ3n) is 3.78. The summed E-state index contributed by atoms with van der Waals surface area (Å²) < 4.78 is 13.5. The molecule has 0 unspecified atom stereocenters. The fourth-order valence-corrected chi connectivity index (χ4v) is 2.86. The number of amides is 2. The molecule has 0 atom stereocenters. The van der Waals surface area contributed by atoms with Crippen molar-refractivity contribution in [2.24, 2.45) is 0 Å². The number of anilines is 2. The monoisotopic (exact) mass is 443 g/mol. The molecule has 1 heterocycles. The van der Waals surface area contributed by atoms with Crippen LogP contribution in [0.2, 0.25) is 0 Å². The van der Waals surface area contributed by atoms with Gasteiger partial charge in [0.25, 0.3) is 0 Å². The Morgan fingerprint density at radius 3 is 2.57 bits per heavy atom. The lowest BCUT2D eigenvalue weighted by atomic mass is 10.2. The van der Waals surface area contributed by atoms with Gasteiger partial charge >= 0.3 is 6.03 Å². The van der Waals surface area contributed by atoms with Crippen LogP contribution in [0.4, 0.5) is 20.6 Å². The van der Waals surface area contributed by atoms with E-state index in [9.17, 15) is 9.18 Å². The van der Waals surface area contributed by atoms with E-state index in [0.717, 1.165) is 0 Å². The quantitative estimate of drug-likeness (QED) is 0.454. The summed E-state index contributed by atoms with van der Waals surface area (Å²) in [4.78, 5) is 21.1. The van der Waals surface area contributed by atoms with Crippen LogP contribution in [0.3, 0.4) is 0 Å². The Bertz CT molecular complexity index is 1090. The van der Waals surface area contributed by atoms with Crippen molar-refractivity contribution in [1.29, 1.82) is 5.41 Å². The second kappa shape index (κ2) is 8.68. The summed E-state index contributed by atoms with van der Waals surface area (Å²) in [5, 5.41) is 14.7. The molecule has 28 heavy (non-hydrogen) atoms. The molecule has 142 valence electrons. The Morgan fingerprint density at radius 2 is 1.89 bits per heavy atom. The highest BCUT2D eigenvalue weighted by atomic mass is 79.9. The number of rotatable bonds is 5. The highest BCUT2D eigenvalue weighted by molar-refractivity contribution is 9.10. The summed E-state index contributed by atoms with van der Waals surface area (Å²) in [6, 6.07) is 8.89. The molecule has 9 heteroatoms. The first-order chi connectivity index (χ1) is 13.5. The van der Waals surface area contributed by atoms with Gasteiger partial charge in [-0.2, -0.15) is 0 Å². The van der Waals surface area contributed by atoms with E-state index in [-0.39, 0.29) is 4.47 Å². The molecule has 0 aliphatic heterocycles. The molecule has 0 radical (unpaired) electrons. The van der Waals surface area contributed by atoms with Gasteiger partial charge in [0, 0.05) is 17.6 Å². The van der Waals surface area contributed by atoms with Gasteiger partial charge in [-0.15, -0.1) is 0 Å². The Labute approximate surface area is 168 Å². The predicted molar refractivity (Wildman–Crippen MR) is 111 cm³/mol. The predicted octanol–water partition coefficient (Wildman–Crippen LogP) is 3.36. The number of halogens is 2. The third kappa shape index (κ3) is 4.56. The van der Waals surface area contributed by atoms with Crippen molar-refractivity contribution < 1.29 is 14.5 Å². The maximum absolute atomic E-state index is 13.3. The molecule has 1 aromatic heterocycles. The lowest BCUT2D eigenvalue weighted by Gasteiger charge is -2.09. The van der Waals surface area contributed by atoms with E-state index < -0.39 is 11.8 Å². The van der Waals surface area contributed by atoms with E-state index in [2.05, 4.69) is 36.5 Å². The van der Waals surface area contributed by atoms with Gasteiger partial charge in [-0.1, -0.05) is 0 Å². The van der Waals surface area contributed by atoms with Gasteiger partial charge in [0.05, 0.1) is 40.0 Å². The number of nitrogens with one attached hydrogen (secondary N) is 3. The zero-order chi connectivity index (χ0) is 20.1. The van der Waals surface area contributed by atoms with E-state index in [1.807, 2.05) is 12.4 Å². The number of nitrogens with two attached hydrogens (primary N) is 1. The second-order valence-corrected chi connectivity index (χ2v) is 6.62. The molecule has 3 aromatic rings. The molecule has 7 nitrogen and oxygen atoms in total. The number of aromatic nitrogens is 2. The molecule has 0 aliphatic rings. The van der Waals surface area contributed by atoms with Crippen LogP contribution >= 0.6 is 15.9 Å². The maximum Gasteiger partial charge on any atom is 0.323 e. The first kappa shape index (κ1) is 19.6. The number of benzene rings is 2. The second-order valence-electron chi connectivity index (χ2n) is 5.77. The van der Waals surface area contributed by atoms with Crippen LogP contribution in [0.5, 0.6) is 0 Å². The van der Waals surface area contributed by atoms with Gasteiger partial charge < -0.3 is 21.4 Å². The van der Waals surface area contributed by atoms with Crippen molar-refractivity contribution >= 4 is 56.2 Å². The number of nitrogens with zero attached hydrogens (tertiary/aromatic N) is 2. The molecule has 0 bridgehead atoms. The van der Waals surface area contributed by atoms with Gasteiger partial charge in [0.2, 0.25) is 0 Å². The Balaban J connectivity index is 1.80. The first-order valence-corrected chi connectivity index (χ1v) is 9.10. The van der Waals surface area contributed by atoms with Crippen LogP contribution in [0.15, 0.2) is 53.3 Å². The summed E-state index contributed by atoms with van der Waals surface area (Å²) in [7, 11) is 1.86. The topological polar surface area (TPSA) is 107 Å². The number of carbonyl (C=O) groups excluding carboxylic acids is 1. The van der Waals surface area contributed by atoms with Crippen molar-refractivity contribution in [2.45, 2.75) is 0 Å². The third-order valence-corrected chi connectivity index (χ3v) is 4.38. The van der Waals surface area contributed by atoms with Crippen molar-refractivity contribution in [3.63, 3.8) is 0 Å². The van der Waals surface area contributed by atoms with Gasteiger partial charge in [-0.05, 0) is 52.3 Å². The molecule has 3 rings (SSSR count). The first-order valence-electron chi connectivity index (χ1n) is 8.30. The van der Waals surface area contributed by atoms with E-state index >= 15 is 0 Å². The van der Waals surface area contributed by atoms with Crippen molar-refractivity contribution in [3.05, 3.63) is 64.8 Å². The Hall–Kier alpha value is -3.17. The maximum atomic E-state index is 13.3. The number of hydrogen-bond acceptors (Lipinski definition) is 4. The molecule has 0 aliphatic carbocycles. The Morgan fingerprint density at radius 1 is 1.18 bits per heavy atom. The lowest BCUT2D eigenvalue weighted by molar-refractivity contribution is -0.555. The summed E-state index contributed by atoms with van der Waals surface area (Å²) >= 11 is 3.08. The SMILES string of the molecule is C[NH2+]/C=C(\C=N)c1cnc2ccc(NC(=O)Nc3ccc(F)c(Br)c3)cc2n1. The van der Waals surface area contributed by atoms with Gasteiger partial charge in [0.1, 0.15) is 12.0 Å². The molecule has 0 spiro atoms. The van der Waals surface area contributed by atoms with Gasteiger partial charge in [-0.3, -0.25) is 4.98 Å². The number of carbonyl (C=O) groups is 1. The van der Waals surface area contributed by atoms with E-state index in [0.29, 0.717) is 33.7 Å². The molecule has 2 amide bonds. The zero-order valence-corrected chi connectivity index (χ0v) is 16.4. The minimum Gasteiger partial charge on any atom is -0.322 e. The summed E-state index contributed by atoms with van der Waals surface area (Å²) in [6.07, 6.45) is 4.60. The lowest BCUT2D eigenvalue weighted by Crippen LogP contribution is -2.72. The standard InChI is InChI=1S/C19H16BrFN6O/c1-23-9-11(8-22)18-10-24-16-5-3-13(7-17(16)27-18)26-19(28)25-12-2-4-15(21)14(20)6-12/h2-10,22-23H,1H3,(H2,25,26,28)/p+1/b11-9+,22-8?. The zero-order valence-electron chi connectivity index (χ0n) is 14.8. The van der Waals surface area contributed by atoms with Crippen LogP contribution in [0.1, 0.15) is 5.69 Å².